The largest absolute Gasteiger partial charge is 0.416 e. The van der Waals surface area contributed by atoms with E-state index in [4.69, 9.17) is 13.9 Å². The third-order valence-corrected chi connectivity index (χ3v) is 18.5. The highest BCUT2D eigenvalue weighted by atomic mass is 28.4. The van der Waals surface area contributed by atoms with E-state index in [-0.39, 0.29) is 17.4 Å². The highest BCUT2D eigenvalue weighted by Crippen LogP contribution is 2.52. The Morgan fingerprint density at radius 2 is 1.78 bits per heavy atom. The van der Waals surface area contributed by atoms with Gasteiger partial charge in [-0.05, 0) is 73.2 Å². The predicted octanol–water partition coefficient (Wildman–Crippen LogP) is 6.69. The minimum absolute atomic E-state index is 0.0975. The zero-order valence-electron chi connectivity index (χ0n) is 23.6. The van der Waals surface area contributed by atoms with Crippen LogP contribution in [0.3, 0.4) is 0 Å². The molecule has 1 saturated carbocycles. The summed E-state index contributed by atoms with van der Waals surface area (Å²) in [5.41, 5.74) is 1.34. The minimum Gasteiger partial charge on any atom is -0.416 e. The lowest BCUT2D eigenvalue weighted by Gasteiger charge is -2.42. The van der Waals surface area contributed by atoms with Gasteiger partial charge in [0.15, 0.2) is 14.6 Å². The van der Waals surface area contributed by atoms with Crippen molar-refractivity contribution in [1.29, 1.82) is 0 Å². The van der Waals surface area contributed by atoms with Gasteiger partial charge in [0.05, 0.1) is 14.2 Å². The Balaban J connectivity index is 1.61. The molecule has 6 heteroatoms. The fourth-order valence-electron chi connectivity index (χ4n) is 6.35. The quantitative estimate of drug-likeness (QED) is 0.279. The predicted molar refractivity (Wildman–Crippen MR) is 153 cm³/mol. The molecule has 4 nitrogen and oxygen atoms in total. The molecule has 2 aliphatic carbocycles. The van der Waals surface area contributed by atoms with E-state index < -0.39 is 16.4 Å². The average Bonchev–Trinajstić information content (AvgIpc) is 3.18. The maximum atomic E-state index is 12.4. The lowest BCUT2D eigenvalue weighted by molar-refractivity contribution is -0.197. The maximum Gasteiger partial charge on any atom is 0.191 e. The second kappa shape index (κ2) is 11.0. The van der Waals surface area contributed by atoms with Crippen LogP contribution in [0.2, 0.25) is 36.8 Å². The molecule has 0 spiro atoms. The first-order valence-corrected chi connectivity index (χ1v) is 20.1. The van der Waals surface area contributed by atoms with E-state index in [0.29, 0.717) is 23.3 Å². The molecule has 1 aromatic carbocycles. The average molecular weight is 529 g/mol. The number of carbonyl (C=O) groups is 1. The number of aldehydes is 1. The molecular weight excluding hydrogens is 480 g/mol. The summed E-state index contributed by atoms with van der Waals surface area (Å²) < 4.78 is 19.5. The van der Waals surface area contributed by atoms with Gasteiger partial charge in [-0.25, -0.2) is 0 Å². The molecule has 0 aromatic heterocycles. The van der Waals surface area contributed by atoms with Crippen LogP contribution >= 0.6 is 0 Å². The van der Waals surface area contributed by atoms with Crippen LogP contribution in [0.1, 0.15) is 52.9 Å². The van der Waals surface area contributed by atoms with Crippen LogP contribution in [0.25, 0.3) is 0 Å². The number of fused-ring (bicyclic) bond motifs is 1. The summed E-state index contributed by atoms with van der Waals surface area (Å²) >= 11 is 0. The molecule has 1 aromatic rings. The van der Waals surface area contributed by atoms with Crippen LogP contribution in [-0.2, 0) is 18.7 Å². The van der Waals surface area contributed by atoms with E-state index in [1.54, 1.807) is 0 Å². The molecule has 200 valence electrons. The number of carbonyl (C=O) groups excluding carboxylic acids is 1. The molecule has 4 unspecified atom stereocenters. The Morgan fingerprint density at radius 3 is 2.39 bits per heavy atom. The SMILES string of the molecule is CC(C)(C)[Si](C)(C)OCC1C(OC2CCCCO2)C[C@H]2C=C(C=O)C([Si](C)(C)c3ccccc3)C[C@@H]12. The number of hydrogen-bond acceptors (Lipinski definition) is 4. The van der Waals surface area contributed by atoms with Gasteiger partial charge >= 0.3 is 0 Å². The standard InChI is InChI=1S/C30H48O4Si2/c1-30(2,3)36(6,7)33-21-26-25-19-28(35(4,5)24-13-9-8-10-14-24)23(20-31)17-22(25)18-27(26)34-29-15-11-12-16-32-29/h8-10,13-14,17,20,22,25-29H,11-12,15-16,18-19,21H2,1-7H3/t22-,25-,26?,27?,28?,29?/m1/s1. The first-order chi connectivity index (χ1) is 16.9. The van der Waals surface area contributed by atoms with E-state index in [0.717, 1.165) is 50.8 Å². The molecule has 0 N–H and O–H groups in total. The Kier molecular flexibility index (Phi) is 8.52. The molecular formula is C30H48O4Si2. The van der Waals surface area contributed by atoms with Crippen molar-refractivity contribution in [1.82, 2.24) is 0 Å². The smallest absolute Gasteiger partial charge is 0.191 e. The van der Waals surface area contributed by atoms with Crippen molar-refractivity contribution in [2.75, 3.05) is 13.2 Å². The third kappa shape index (κ3) is 5.83. The Hall–Kier alpha value is -1.06. The Labute approximate surface area is 221 Å². The Bertz CT molecular complexity index is 915. The van der Waals surface area contributed by atoms with Crippen molar-refractivity contribution >= 4 is 27.9 Å². The second-order valence-electron chi connectivity index (χ2n) is 13.4. The Morgan fingerprint density at radius 1 is 1.06 bits per heavy atom. The minimum atomic E-state index is -1.90. The van der Waals surface area contributed by atoms with Crippen LogP contribution < -0.4 is 5.19 Å². The van der Waals surface area contributed by atoms with Crippen molar-refractivity contribution in [2.45, 2.75) is 102 Å². The van der Waals surface area contributed by atoms with E-state index in [1.807, 2.05) is 0 Å². The number of hydrogen-bond donors (Lipinski definition) is 0. The van der Waals surface area contributed by atoms with Gasteiger partial charge in [0.1, 0.15) is 6.29 Å². The summed E-state index contributed by atoms with van der Waals surface area (Å²) in [4.78, 5) is 12.4. The number of allylic oxidation sites excluding steroid dienone is 2. The van der Waals surface area contributed by atoms with Crippen LogP contribution in [0.4, 0.5) is 0 Å². The lowest BCUT2D eigenvalue weighted by atomic mass is 9.79. The molecule has 36 heavy (non-hydrogen) atoms. The van der Waals surface area contributed by atoms with Crippen LogP contribution in [0, 0.1) is 17.8 Å². The molecule has 0 bridgehead atoms. The summed E-state index contributed by atoms with van der Waals surface area (Å²) in [6.07, 6.45) is 8.80. The van der Waals surface area contributed by atoms with Gasteiger partial charge in [0.25, 0.3) is 0 Å². The molecule has 2 fully saturated rings. The van der Waals surface area contributed by atoms with Crippen LogP contribution in [-0.4, -0.2) is 48.3 Å². The molecule has 4 rings (SSSR count). The molecule has 1 aliphatic heterocycles. The zero-order valence-corrected chi connectivity index (χ0v) is 25.6. The summed E-state index contributed by atoms with van der Waals surface area (Å²) in [7, 11) is -3.79. The summed E-state index contributed by atoms with van der Waals surface area (Å²) in [5.74, 6) is 1.19. The highest BCUT2D eigenvalue weighted by molar-refractivity contribution is 6.91. The molecule has 1 heterocycles. The van der Waals surface area contributed by atoms with Gasteiger partial charge in [-0.15, -0.1) is 0 Å². The van der Waals surface area contributed by atoms with Gasteiger partial charge < -0.3 is 13.9 Å². The summed E-state index contributed by atoms with van der Waals surface area (Å²) in [5, 5.41) is 1.60. The van der Waals surface area contributed by atoms with Crippen molar-refractivity contribution in [3.05, 3.63) is 42.0 Å². The van der Waals surface area contributed by atoms with E-state index in [9.17, 15) is 4.79 Å². The van der Waals surface area contributed by atoms with E-state index in [2.05, 4.69) is 83.4 Å². The number of benzene rings is 1. The van der Waals surface area contributed by atoms with Gasteiger partial charge in [-0.3, -0.25) is 4.79 Å². The summed E-state index contributed by atoms with van der Waals surface area (Å²) in [6, 6.07) is 10.9. The topological polar surface area (TPSA) is 44.8 Å². The first-order valence-electron chi connectivity index (χ1n) is 14.1. The van der Waals surface area contributed by atoms with Crippen molar-refractivity contribution in [3.63, 3.8) is 0 Å². The van der Waals surface area contributed by atoms with Crippen molar-refractivity contribution in [2.24, 2.45) is 17.8 Å². The third-order valence-electron chi connectivity index (χ3n) is 9.83. The molecule has 3 aliphatic rings. The summed E-state index contributed by atoms with van der Waals surface area (Å²) in [6.45, 7) is 18.0. The fourth-order valence-corrected chi connectivity index (χ4v) is 10.7. The van der Waals surface area contributed by atoms with Crippen molar-refractivity contribution in [3.8, 4) is 0 Å². The number of rotatable bonds is 8. The highest BCUT2D eigenvalue weighted by Gasteiger charge is 2.51. The maximum absolute atomic E-state index is 12.4. The van der Waals surface area contributed by atoms with Crippen LogP contribution in [0.5, 0.6) is 0 Å². The molecule has 0 amide bonds. The van der Waals surface area contributed by atoms with Gasteiger partial charge in [0, 0.05) is 19.1 Å². The van der Waals surface area contributed by atoms with Gasteiger partial charge in [-0.1, -0.05) is 75.5 Å². The van der Waals surface area contributed by atoms with Crippen LogP contribution in [0.15, 0.2) is 42.0 Å². The monoisotopic (exact) mass is 528 g/mol. The van der Waals surface area contributed by atoms with Crippen molar-refractivity contribution < 1.29 is 18.7 Å². The fraction of sp³-hybridized carbons (Fsp3) is 0.700. The zero-order chi connectivity index (χ0) is 26.1. The van der Waals surface area contributed by atoms with E-state index in [1.165, 1.54) is 11.6 Å². The van der Waals surface area contributed by atoms with Gasteiger partial charge in [-0.2, -0.15) is 0 Å². The molecule has 1 saturated heterocycles. The molecule has 0 radical (unpaired) electrons. The first kappa shape index (κ1) is 28.0. The number of ether oxygens (including phenoxy) is 2. The normalized spacial score (nSPS) is 31.6. The lowest BCUT2D eigenvalue weighted by Crippen LogP contribution is -2.49. The molecule has 6 atom stereocenters. The second-order valence-corrected chi connectivity index (χ2v) is 23.0. The van der Waals surface area contributed by atoms with E-state index >= 15 is 0 Å². The van der Waals surface area contributed by atoms with Gasteiger partial charge in [0.2, 0.25) is 0 Å².